The molecule has 2 rings (SSSR count). The summed E-state index contributed by atoms with van der Waals surface area (Å²) >= 11 is 7.24. The normalized spacial score (nSPS) is 10.6. The molecule has 0 aromatic carbocycles. The van der Waals surface area contributed by atoms with E-state index < -0.39 is 11.2 Å². The lowest BCUT2D eigenvalue weighted by Gasteiger charge is -2.08. The first-order valence-corrected chi connectivity index (χ1v) is 7.38. The van der Waals surface area contributed by atoms with Crippen LogP contribution in [0.1, 0.15) is 11.3 Å². The molecule has 0 fully saturated rings. The van der Waals surface area contributed by atoms with Crippen LogP contribution in [0.25, 0.3) is 0 Å². The van der Waals surface area contributed by atoms with Crippen LogP contribution in [0.3, 0.4) is 0 Å². The minimum atomic E-state index is -0.523. The highest BCUT2D eigenvalue weighted by Crippen LogP contribution is 2.22. The van der Waals surface area contributed by atoms with E-state index in [4.69, 9.17) is 11.6 Å². The minimum absolute atomic E-state index is 0.0915. The molecule has 0 spiro atoms. The van der Waals surface area contributed by atoms with Crippen LogP contribution in [0.4, 0.5) is 5.69 Å². The highest BCUT2D eigenvalue weighted by Gasteiger charge is 2.10. The Bertz CT molecular complexity index is 791. The zero-order chi connectivity index (χ0) is 15.6. The minimum Gasteiger partial charge on any atom is -0.320 e. The van der Waals surface area contributed by atoms with E-state index in [1.165, 1.54) is 36.2 Å². The first-order chi connectivity index (χ1) is 9.88. The van der Waals surface area contributed by atoms with Gasteiger partial charge >= 0.3 is 5.69 Å². The molecule has 2 heterocycles. The van der Waals surface area contributed by atoms with Gasteiger partial charge in [0.15, 0.2) is 0 Å². The number of carbonyl (C=O) groups excluding carboxylic acids is 1. The lowest BCUT2D eigenvalue weighted by molar-refractivity contribution is -0.116. The summed E-state index contributed by atoms with van der Waals surface area (Å²) in [4.78, 5) is 36.3. The maximum absolute atomic E-state index is 11.9. The fraction of sp³-hybridized carbons (Fsp3) is 0.308. The maximum atomic E-state index is 11.9. The number of aryl methyl sites for hydroxylation is 2. The van der Waals surface area contributed by atoms with Crippen LogP contribution in [0.2, 0.25) is 4.34 Å². The average molecular weight is 328 g/mol. The molecule has 2 aromatic heterocycles. The maximum Gasteiger partial charge on any atom is 0.330 e. The van der Waals surface area contributed by atoms with Crippen LogP contribution < -0.4 is 16.6 Å². The monoisotopic (exact) mass is 327 g/mol. The molecule has 0 saturated heterocycles. The van der Waals surface area contributed by atoms with Gasteiger partial charge in [-0.25, -0.2) is 4.79 Å². The molecule has 2 aromatic rings. The molecular formula is C13H14ClN3O3S. The molecule has 112 valence electrons. The van der Waals surface area contributed by atoms with Crippen molar-refractivity contribution in [2.75, 3.05) is 5.32 Å². The van der Waals surface area contributed by atoms with Crippen molar-refractivity contribution in [3.8, 4) is 0 Å². The highest BCUT2D eigenvalue weighted by atomic mass is 35.5. The zero-order valence-corrected chi connectivity index (χ0v) is 13.1. The second-order valence-electron chi connectivity index (χ2n) is 4.55. The molecule has 0 bridgehead atoms. The number of carbonyl (C=O) groups is 1. The molecule has 0 aliphatic heterocycles. The summed E-state index contributed by atoms with van der Waals surface area (Å²) in [7, 11) is 2.89. The lowest BCUT2D eigenvalue weighted by atomic mass is 10.2. The smallest absolute Gasteiger partial charge is 0.320 e. The third-order valence-corrected chi connectivity index (χ3v) is 4.24. The van der Waals surface area contributed by atoms with Crippen LogP contribution in [0, 0.1) is 0 Å². The fourth-order valence-electron chi connectivity index (χ4n) is 1.83. The Balaban J connectivity index is 2.06. The summed E-state index contributed by atoms with van der Waals surface area (Å²) in [5.74, 6) is -0.282. The Labute approximate surface area is 129 Å². The number of aromatic nitrogens is 2. The number of thiophene rings is 1. The van der Waals surface area contributed by atoms with E-state index in [1.807, 2.05) is 6.07 Å². The van der Waals surface area contributed by atoms with Crippen LogP contribution >= 0.6 is 22.9 Å². The average Bonchev–Trinajstić information content (AvgIpc) is 2.86. The Kier molecular flexibility index (Phi) is 4.64. The van der Waals surface area contributed by atoms with Gasteiger partial charge in [0, 0.05) is 31.6 Å². The van der Waals surface area contributed by atoms with E-state index in [0.717, 1.165) is 9.44 Å². The Morgan fingerprint density at radius 2 is 2.05 bits per heavy atom. The number of nitrogens with zero attached hydrogens (tertiary/aromatic N) is 2. The van der Waals surface area contributed by atoms with Gasteiger partial charge in [-0.1, -0.05) is 11.6 Å². The molecule has 1 N–H and O–H groups in total. The number of hydrogen-bond donors (Lipinski definition) is 1. The molecule has 0 saturated carbocycles. The van der Waals surface area contributed by atoms with Crippen molar-refractivity contribution in [1.82, 2.24) is 9.13 Å². The predicted octanol–water partition coefficient (Wildman–Crippen LogP) is 1.37. The van der Waals surface area contributed by atoms with E-state index in [2.05, 4.69) is 5.32 Å². The molecule has 0 aliphatic carbocycles. The van der Waals surface area contributed by atoms with Crippen LogP contribution in [-0.4, -0.2) is 15.0 Å². The largest absolute Gasteiger partial charge is 0.330 e. The van der Waals surface area contributed by atoms with E-state index in [-0.39, 0.29) is 18.0 Å². The molecule has 0 atom stereocenters. The summed E-state index contributed by atoms with van der Waals surface area (Å²) in [6.45, 7) is 0. The van der Waals surface area contributed by atoms with Crippen molar-refractivity contribution in [3.05, 3.63) is 48.4 Å². The van der Waals surface area contributed by atoms with Gasteiger partial charge in [-0.3, -0.25) is 14.2 Å². The van der Waals surface area contributed by atoms with Crippen molar-refractivity contribution < 1.29 is 4.79 Å². The van der Waals surface area contributed by atoms with E-state index in [0.29, 0.717) is 10.8 Å². The molecule has 6 nitrogen and oxygen atoms in total. The van der Waals surface area contributed by atoms with Crippen molar-refractivity contribution in [2.45, 2.75) is 12.8 Å². The number of hydrogen-bond acceptors (Lipinski definition) is 4. The predicted molar refractivity (Wildman–Crippen MR) is 83.2 cm³/mol. The Morgan fingerprint density at radius 1 is 1.33 bits per heavy atom. The quantitative estimate of drug-likeness (QED) is 0.921. The van der Waals surface area contributed by atoms with Gasteiger partial charge in [0.2, 0.25) is 5.91 Å². The molecule has 0 unspecified atom stereocenters. The van der Waals surface area contributed by atoms with E-state index in [1.54, 1.807) is 6.07 Å². The third kappa shape index (κ3) is 3.62. The first-order valence-electron chi connectivity index (χ1n) is 6.19. The van der Waals surface area contributed by atoms with Crippen LogP contribution in [0.5, 0.6) is 0 Å². The van der Waals surface area contributed by atoms with Gasteiger partial charge in [0.25, 0.3) is 5.56 Å². The standard InChI is InChI=1S/C13H14ClN3O3S/c1-16-7-9(12(19)17(2)13(16)20)15-11(18)6-4-8-3-5-10(14)21-8/h3,5,7H,4,6H2,1-2H3,(H,15,18). The number of rotatable bonds is 4. The van der Waals surface area contributed by atoms with Crippen molar-refractivity contribution >= 4 is 34.5 Å². The summed E-state index contributed by atoms with van der Waals surface area (Å²) in [6.07, 6.45) is 2.11. The third-order valence-electron chi connectivity index (χ3n) is 2.95. The van der Waals surface area contributed by atoms with Gasteiger partial charge in [-0.2, -0.15) is 0 Å². The molecule has 8 heteroatoms. The molecule has 0 aliphatic rings. The summed E-state index contributed by atoms with van der Waals surface area (Å²) in [6, 6.07) is 3.65. The van der Waals surface area contributed by atoms with Gasteiger partial charge in [-0.05, 0) is 18.6 Å². The highest BCUT2D eigenvalue weighted by molar-refractivity contribution is 7.16. The fourth-order valence-corrected chi connectivity index (χ4v) is 2.92. The van der Waals surface area contributed by atoms with Crippen molar-refractivity contribution in [3.63, 3.8) is 0 Å². The molecule has 1 amide bonds. The topological polar surface area (TPSA) is 73.1 Å². The van der Waals surface area contributed by atoms with Crippen LogP contribution in [-0.2, 0) is 25.3 Å². The van der Waals surface area contributed by atoms with Gasteiger partial charge in [0.1, 0.15) is 5.69 Å². The van der Waals surface area contributed by atoms with Gasteiger partial charge in [0.05, 0.1) is 4.34 Å². The SMILES string of the molecule is Cn1cc(NC(=O)CCc2ccc(Cl)s2)c(=O)n(C)c1=O. The molecule has 21 heavy (non-hydrogen) atoms. The number of amides is 1. The Hall–Kier alpha value is -1.86. The lowest BCUT2D eigenvalue weighted by Crippen LogP contribution is -2.38. The number of halogens is 1. The van der Waals surface area contributed by atoms with Crippen molar-refractivity contribution in [2.24, 2.45) is 14.1 Å². The number of nitrogens with one attached hydrogen (secondary N) is 1. The second-order valence-corrected chi connectivity index (χ2v) is 6.35. The summed E-state index contributed by atoms with van der Waals surface area (Å²) in [5.41, 5.74) is -0.870. The van der Waals surface area contributed by atoms with Gasteiger partial charge in [-0.15, -0.1) is 11.3 Å². The zero-order valence-electron chi connectivity index (χ0n) is 11.6. The Morgan fingerprint density at radius 3 is 2.67 bits per heavy atom. The second kappa shape index (κ2) is 6.28. The van der Waals surface area contributed by atoms with Gasteiger partial charge < -0.3 is 9.88 Å². The van der Waals surface area contributed by atoms with E-state index >= 15 is 0 Å². The summed E-state index contributed by atoms with van der Waals surface area (Å²) < 4.78 is 2.88. The molecular weight excluding hydrogens is 314 g/mol. The van der Waals surface area contributed by atoms with E-state index in [9.17, 15) is 14.4 Å². The van der Waals surface area contributed by atoms with Crippen molar-refractivity contribution in [1.29, 1.82) is 0 Å². The molecule has 0 radical (unpaired) electrons. The van der Waals surface area contributed by atoms with Crippen LogP contribution in [0.15, 0.2) is 27.9 Å². The summed E-state index contributed by atoms with van der Waals surface area (Å²) in [5, 5.41) is 2.54. The first kappa shape index (κ1) is 15.5. The number of anilines is 1.